The second-order valence-corrected chi connectivity index (χ2v) is 7.94. The summed E-state index contributed by atoms with van der Waals surface area (Å²) in [5.74, 6) is -0.475. The van der Waals surface area contributed by atoms with Crippen molar-refractivity contribution in [1.82, 2.24) is 14.4 Å². The molecule has 3 aromatic rings. The Bertz CT molecular complexity index is 1140. The fourth-order valence-corrected chi connectivity index (χ4v) is 4.13. The lowest BCUT2D eigenvalue weighted by molar-refractivity contribution is 0.0694. The SMILES string of the molecule is Cc1cn(C)c2cc(-c3ccccc3NCCN(C)C)c3c(c12)C(=O)N(C)C3=O. The fourth-order valence-electron chi connectivity index (χ4n) is 4.13. The average Bonchev–Trinajstić information content (AvgIpc) is 3.09. The van der Waals surface area contributed by atoms with Gasteiger partial charge < -0.3 is 14.8 Å². The van der Waals surface area contributed by atoms with Gasteiger partial charge in [0.15, 0.2) is 0 Å². The van der Waals surface area contributed by atoms with Crippen LogP contribution in [0.1, 0.15) is 26.3 Å². The van der Waals surface area contributed by atoms with Gasteiger partial charge in [-0.1, -0.05) is 18.2 Å². The van der Waals surface area contributed by atoms with Crippen molar-refractivity contribution in [3.05, 3.63) is 53.2 Å². The van der Waals surface area contributed by atoms with Gasteiger partial charge in [-0.3, -0.25) is 14.5 Å². The van der Waals surface area contributed by atoms with Gasteiger partial charge in [0.05, 0.1) is 11.1 Å². The molecule has 1 aromatic heterocycles. The number of carbonyl (C=O) groups is 2. The fraction of sp³-hybridized carbons (Fsp3) is 0.304. The molecule has 0 fully saturated rings. The quantitative estimate of drug-likeness (QED) is 0.679. The number of anilines is 1. The number of aryl methyl sites for hydroxylation is 2. The molecule has 0 unspecified atom stereocenters. The molecular weight excluding hydrogens is 364 g/mol. The number of hydrogen-bond donors (Lipinski definition) is 1. The van der Waals surface area contributed by atoms with Crippen LogP contribution in [0.15, 0.2) is 36.5 Å². The Labute approximate surface area is 170 Å². The number of aromatic nitrogens is 1. The predicted molar refractivity (Wildman–Crippen MR) is 117 cm³/mol. The molecule has 29 heavy (non-hydrogen) atoms. The lowest BCUT2D eigenvalue weighted by Gasteiger charge is -2.16. The number of likely N-dealkylation sites (N-methyl/N-ethyl adjacent to an activating group) is 1. The molecule has 150 valence electrons. The zero-order valence-electron chi connectivity index (χ0n) is 17.5. The van der Waals surface area contributed by atoms with E-state index in [1.54, 1.807) is 7.05 Å². The van der Waals surface area contributed by atoms with Gasteiger partial charge in [-0.2, -0.15) is 0 Å². The van der Waals surface area contributed by atoms with Crippen LogP contribution >= 0.6 is 0 Å². The summed E-state index contributed by atoms with van der Waals surface area (Å²) >= 11 is 0. The minimum absolute atomic E-state index is 0.232. The molecule has 1 aliphatic heterocycles. The topological polar surface area (TPSA) is 57.6 Å². The Morgan fingerprint density at radius 2 is 1.69 bits per heavy atom. The molecule has 1 aliphatic rings. The van der Waals surface area contributed by atoms with E-state index in [1.807, 2.05) is 69.2 Å². The first kappa shape index (κ1) is 19.2. The van der Waals surface area contributed by atoms with Gasteiger partial charge in [0, 0.05) is 55.5 Å². The van der Waals surface area contributed by atoms with Gasteiger partial charge in [0.2, 0.25) is 0 Å². The van der Waals surface area contributed by atoms with Crippen LogP contribution in [0.2, 0.25) is 0 Å². The number of nitrogens with zero attached hydrogens (tertiary/aromatic N) is 3. The summed E-state index contributed by atoms with van der Waals surface area (Å²) in [6.07, 6.45) is 2.01. The number of rotatable bonds is 5. The third-order valence-corrected chi connectivity index (χ3v) is 5.60. The van der Waals surface area contributed by atoms with Crippen molar-refractivity contribution in [3.8, 4) is 11.1 Å². The molecule has 4 rings (SSSR count). The zero-order valence-corrected chi connectivity index (χ0v) is 17.5. The molecule has 6 nitrogen and oxygen atoms in total. The smallest absolute Gasteiger partial charge is 0.262 e. The van der Waals surface area contributed by atoms with Crippen LogP contribution in [-0.2, 0) is 7.05 Å². The maximum absolute atomic E-state index is 13.0. The Morgan fingerprint density at radius 1 is 1.00 bits per heavy atom. The van der Waals surface area contributed by atoms with Crippen LogP contribution in [0.4, 0.5) is 5.69 Å². The second kappa shape index (κ2) is 7.04. The minimum Gasteiger partial charge on any atom is -0.383 e. The molecule has 2 amide bonds. The van der Waals surface area contributed by atoms with Gasteiger partial charge in [0.25, 0.3) is 11.8 Å². The molecule has 2 aromatic carbocycles. The molecule has 1 N–H and O–H groups in total. The highest BCUT2D eigenvalue weighted by atomic mass is 16.2. The third kappa shape index (κ3) is 3.00. The van der Waals surface area contributed by atoms with Gasteiger partial charge in [-0.25, -0.2) is 0 Å². The first-order valence-electron chi connectivity index (χ1n) is 9.74. The average molecular weight is 390 g/mol. The van der Waals surface area contributed by atoms with E-state index in [1.165, 1.54) is 4.90 Å². The molecule has 0 aliphatic carbocycles. The van der Waals surface area contributed by atoms with Crippen molar-refractivity contribution in [1.29, 1.82) is 0 Å². The third-order valence-electron chi connectivity index (χ3n) is 5.60. The number of carbonyl (C=O) groups excluding carboxylic acids is 2. The molecule has 2 heterocycles. The van der Waals surface area contributed by atoms with Crippen LogP contribution in [0.3, 0.4) is 0 Å². The highest BCUT2D eigenvalue weighted by molar-refractivity contribution is 6.29. The Morgan fingerprint density at radius 3 is 2.41 bits per heavy atom. The molecule has 0 bridgehead atoms. The van der Waals surface area contributed by atoms with Crippen molar-refractivity contribution < 1.29 is 9.59 Å². The molecule has 0 atom stereocenters. The first-order chi connectivity index (χ1) is 13.8. The summed E-state index contributed by atoms with van der Waals surface area (Å²) in [4.78, 5) is 29.4. The van der Waals surface area contributed by atoms with E-state index >= 15 is 0 Å². The van der Waals surface area contributed by atoms with Crippen molar-refractivity contribution in [2.45, 2.75) is 6.92 Å². The largest absolute Gasteiger partial charge is 0.383 e. The highest BCUT2D eigenvalue weighted by Gasteiger charge is 2.38. The van der Waals surface area contributed by atoms with Crippen molar-refractivity contribution in [2.75, 3.05) is 39.5 Å². The minimum atomic E-state index is -0.242. The normalized spacial score (nSPS) is 13.7. The van der Waals surface area contributed by atoms with Crippen molar-refractivity contribution >= 4 is 28.4 Å². The van der Waals surface area contributed by atoms with E-state index in [9.17, 15) is 9.59 Å². The van der Waals surface area contributed by atoms with E-state index in [0.29, 0.717) is 11.1 Å². The van der Waals surface area contributed by atoms with E-state index < -0.39 is 0 Å². The number of amides is 2. The number of hydrogen-bond acceptors (Lipinski definition) is 4. The van der Waals surface area contributed by atoms with E-state index in [4.69, 9.17) is 0 Å². The standard InChI is InChI=1S/C23H26N4O2/c1-14-13-26(4)18-12-16(20-21(19(14)18)23(29)27(5)22(20)28)15-8-6-7-9-17(15)24-10-11-25(2)3/h6-9,12-13,24H,10-11H2,1-5H3. The maximum atomic E-state index is 13.0. The second-order valence-electron chi connectivity index (χ2n) is 7.94. The van der Waals surface area contributed by atoms with Gasteiger partial charge in [-0.05, 0) is 44.3 Å². The Balaban J connectivity index is 1.96. The number of fused-ring (bicyclic) bond motifs is 3. The highest BCUT2D eigenvalue weighted by Crippen LogP contribution is 2.41. The predicted octanol–water partition coefficient (Wildman–Crippen LogP) is 3.35. The van der Waals surface area contributed by atoms with Gasteiger partial charge in [0.1, 0.15) is 0 Å². The molecule has 0 radical (unpaired) electrons. The van der Waals surface area contributed by atoms with Crippen LogP contribution < -0.4 is 5.32 Å². The molecule has 6 heteroatoms. The number of nitrogens with one attached hydrogen (secondary N) is 1. The number of benzene rings is 2. The van der Waals surface area contributed by atoms with Crippen molar-refractivity contribution in [3.63, 3.8) is 0 Å². The summed E-state index contributed by atoms with van der Waals surface area (Å²) in [5.41, 5.74) is 5.66. The first-order valence-corrected chi connectivity index (χ1v) is 9.74. The van der Waals surface area contributed by atoms with Crippen LogP contribution in [0, 0.1) is 6.92 Å². The Kier molecular flexibility index (Phi) is 4.67. The van der Waals surface area contributed by atoms with Crippen molar-refractivity contribution in [2.24, 2.45) is 7.05 Å². The molecule has 0 saturated carbocycles. The summed E-state index contributed by atoms with van der Waals surface area (Å²) in [6.45, 7) is 3.65. The summed E-state index contributed by atoms with van der Waals surface area (Å²) in [5, 5.41) is 4.35. The van der Waals surface area contributed by atoms with Gasteiger partial charge >= 0.3 is 0 Å². The van der Waals surface area contributed by atoms with E-state index in [2.05, 4.69) is 10.2 Å². The summed E-state index contributed by atoms with van der Waals surface area (Å²) < 4.78 is 2.02. The lowest BCUT2D eigenvalue weighted by atomic mass is 9.92. The van der Waals surface area contributed by atoms with Crippen LogP contribution in [-0.4, -0.2) is 60.4 Å². The Hall–Kier alpha value is -3.12. The zero-order chi connectivity index (χ0) is 20.9. The van der Waals surface area contributed by atoms with Crippen LogP contribution in [0.25, 0.3) is 22.0 Å². The molecule has 0 spiro atoms. The number of para-hydroxylation sites is 1. The molecular formula is C23H26N4O2. The van der Waals surface area contributed by atoms with Gasteiger partial charge in [-0.15, -0.1) is 0 Å². The maximum Gasteiger partial charge on any atom is 0.262 e. The van der Waals surface area contributed by atoms with E-state index in [-0.39, 0.29) is 11.8 Å². The number of imide groups is 1. The molecule has 0 saturated heterocycles. The van der Waals surface area contributed by atoms with Crippen LogP contribution in [0.5, 0.6) is 0 Å². The lowest BCUT2D eigenvalue weighted by Crippen LogP contribution is -2.24. The van der Waals surface area contributed by atoms with E-state index in [0.717, 1.165) is 46.4 Å². The summed E-state index contributed by atoms with van der Waals surface area (Å²) in [7, 11) is 7.59. The summed E-state index contributed by atoms with van der Waals surface area (Å²) in [6, 6.07) is 10.0. The monoisotopic (exact) mass is 390 g/mol.